The Morgan fingerprint density at radius 2 is 1.84 bits per heavy atom. The Balaban J connectivity index is 1.92. The topological polar surface area (TPSA) is 20.2 Å². The summed E-state index contributed by atoms with van der Waals surface area (Å²) < 4.78 is 0. The first-order chi connectivity index (χ1) is 9.04. The van der Waals surface area contributed by atoms with E-state index in [4.69, 9.17) is 0 Å². The largest absolute Gasteiger partial charge is 0.396 e. The molecule has 0 aliphatic heterocycles. The summed E-state index contributed by atoms with van der Waals surface area (Å²) in [7, 11) is 0. The predicted octanol–water partition coefficient (Wildman–Crippen LogP) is 3.95. The Morgan fingerprint density at radius 3 is 2.32 bits per heavy atom. The van der Waals surface area contributed by atoms with Gasteiger partial charge < -0.3 is 5.11 Å². The molecule has 19 heavy (non-hydrogen) atoms. The molecule has 3 unspecified atom stereocenters. The zero-order valence-electron chi connectivity index (χ0n) is 12.5. The Morgan fingerprint density at radius 1 is 1.16 bits per heavy atom. The molecule has 2 aliphatic carbocycles. The Bertz CT molecular complexity index is 467. The Hall–Kier alpha value is -0.820. The smallest absolute Gasteiger partial charge is 0.0493 e. The molecule has 0 heterocycles. The molecule has 1 N–H and O–H groups in total. The van der Waals surface area contributed by atoms with Crippen LogP contribution in [-0.4, -0.2) is 11.7 Å². The third kappa shape index (κ3) is 2.12. The average Bonchev–Trinajstić information content (AvgIpc) is 2.94. The molecular formula is C18H26O. The Labute approximate surface area is 117 Å². The minimum absolute atomic E-state index is 0.188. The summed E-state index contributed by atoms with van der Waals surface area (Å²) in [6, 6.07) is 4.58. The maximum absolute atomic E-state index is 10.0. The van der Waals surface area contributed by atoms with Gasteiger partial charge in [-0.05, 0) is 75.0 Å². The van der Waals surface area contributed by atoms with E-state index in [-0.39, 0.29) is 5.41 Å². The summed E-state index contributed by atoms with van der Waals surface area (Å²) in [6.45, 7) is 7.01. The van der Waals surface area contributed by atoms with Gasteiger partial charge in [-0.25, -0.2) is 0 Å². The fraction of sp³-hybridized carbons (Fsp3) is 0.667. The quantitative estimate of drug-likeness (QED) is 0.870. The van der Waals surface area contributed by atoms with Crippen LogP contribution in [0, 0.1) is 38.0 Å². The molecular weight excluding hydrogens is 232 g/mol. The third-order valence-corrected chi connectivity index (χ3v) is 5.79. The molecule has 3 rings (SSSR count). The maximum atomic E-state index is 10.0. The third-order valence-electron chi connectivity index (χ3n) is 5.79. The van der Waals surface area contributed by atoms with E-state index >= 15 is 0 Å². The van der Waals surface area contributed by atoms with Gasteiger partial charge >= 0.3 is 0 Å². The Kier molecular flexibility index (Phi) is 3.21. The monoisotopic (exact) mass is 258 g/mol. The van der Waals surface area contributed by atoms with Crippen LogP contribution in [0.25, 0.3) is 0 Å². The molecule has 0 saturated heterocycles. The van der Waals surface area contributed by atoms with Gasteiger partial charge in [0.2, 0.25) is 0 Å². The average molecular weight is 258 g/mol. The van der Waals surface area contributed by atoms with E-state index in [1.807, 2.05) is 0 Å². The first kappa shape index (κ1) is 13.2. The van der Waals surface area contributed by atoms with Crippen LogP contribution >= 0.6 is 0 Å². The lowest BCUT2D eigenvalue weighted by atomic mass is 9.69. The molecule has 0 spiro atoms. The van der Waals surface area contributed by atoms with Crippen molar-refractivity contribution in [2.45, 2.75) is 52.9 Å². The molecule has 0 aromatic heterocycles. The molecule has 1 aromatic rings. The molecule has 1 aromatic carbocycles. The number of benzene rings is 1. The molecule has 1 nitrogen and oxygen atoms in total. The van der Waals surface area contributed by atoms with Gasteiger partial charge in [0.05, 0.1) is 0 Å². The van der Waals surface area contributed by atoms with Crippen LogP contribution in [-0.2, 0) is 6.42 Å². The first-order valence-corrected chi connectivity index (χ1v) is 7.72. The number of fused-ring (bicyclic) bond motifs is 2. The molecule has 0 amide bonds. The summed E-state index contributed by atoms with van der Waals surface area (Å²) >= 11 is 0. The van der Waals surface area contributed by atoms with Gasteiger partial charge in [-0.3, -0.25) is 0 Å². The van der Waals surface area contributed by atoms with Gasteiger partial charge in [0.15, 0.2) is 0 Å². The van der Waals surface area contributed by atoms with Crippen molar-refractivity contribution in [3.8, 4) is 0 Å². The molecule has 1 heteroatoms. The molecule has 0 radical (unpaired) electrons. The fourth-order valence-electron chi connectivity index (χ4n) is 4.86. The number of aliphatic hydroxyl groups is 1. The zero-order chi connectivity index (χ0) is 13.6. The van der Waals surface area contributed by atoms with E-state index in [0.29, 0.717) is 6.61 Å². The summed E-state index contributed by atoms with van der Waals surface area (Å²) in [5.74, 6) is 1.66. The highest BCUT2D eigenvalue weighted by Crippen LogP contribution is 2.57. The van der Waals surface area contributed by atoms with Crippen LogP contribution in [0.3, 0.4) is 0 Å². The van der Waals surface area contributed by atoms with Crippen LogP contribution in [0.2, 0.25) is 0 Å². The lowest BCUT2D eigenvalue weighted by Gasteiger charge is -2.37. The van der Waals surface area contributed by atoms with Crippen molar-refractivity contribution in [3.05, 3.63) is 34.4 Å². The van der Waals surface area contributed by atoms with Crippen LogP contribution in [0.15, 0.2) is 12.1 Å². The van der Waals surface area contributed by atoms with Gasteiger partial charge in [-0.15, -0.1) is 0 Å². The molecule has 2 saturated carbocycles. The highest BCUT2D eigenvalue weighted by atomic mass is 16.3. The van der Waals surface area contributed by atoms with Gasteiger partial charge in [0.1, 0.15) is 0 Å². The van der Waals surface area contributed by atoms with Gasteiger partial charge in [-0.2, -0.15) is 0 Å². The van der Waals surface area contributed by atoms with Gasteiger partial charge in [0, 0.05) is 12.0 Å². The van der Waals surface area contributed by atoms with E-state index < -0.39 is 0 Å². The number of aryl methyl sites for hydroxylation is 3. The second-order valence-corrected chi connectivity index (χ2v) is 7.15. The second-order valence-electron chi connectivity index (χ2n) is 7.15. The molecule has 104 valence electrons. The van der Waals surface area contributed by atoms with Crippen molar-refractivity contribution in [2.75, 3.05) is 6.61 Å². The first-order valence-electron chi connectivity index (χ1n) is 7.72. The lowest BCUT2D eigenvalue weighted by Crippen LogP contribution is -2.34. The van der Waals surface area contributed by atoms with Crippen LogP contribution in [0.5, 0.6) is 0 Å². The molecule has 2 fully saturated rings. The summed E-state index contributed by atoms with van der Waals surface area (Å²) in [4.78, 5) is 0. The predicted molar refractivity (Wildman–Crippen MR) is 79.3 cm³/mol. The molecule has 3 atom stereocenters. The van der Waals surface area contributed by atoms with Crippen molar-refractivity contribution < 1.29 is 5.11 Å². The van der Waals surface area contributed by atoms with E-state index in [9.17, 15) is 5.11 Å². The number of aliphatic hydroxyl groups excluding tert-OH is 1. The lowest BCUT2D eigenvalue weighted by molar-refractivity contribution is 0.0649. The van der Waals surface area contributed by atoms with Crippen molar-refractivity contribution in [1.82, 2.24) is 0 Å². The summed E-state index contributed by atoms with van der Waals surface area (Å²) in [5.41, 5.74) is 5.85. The van der Waals surface area contributed by atoms with E-state index in [1.54, 1.807) is 0 Å². The van der Waals surface area contributed by atoms with Gasteiger partial charge in [-0.1, -0.05) is 24.1 Å². The minimum atomic E-state index is 0.188. The summed E-state index contributed by atoms with van der Waals surface area (Å²) in [5, 5.41) is 10.0. The normalized spacial score (nSPS) is 33.1. The van der Waals surface area contributed by atoms with Crippen LogP contribution in [0.1, 0.15) is 47.9 Å². The van der Waals surface area contributed by atoms with E-state index in [0.717, 1.165) is 18.3 Å². The molecule has 2 aliphatic rings. The zero-order valence-corrected chi connectivity index (χ0v) is 12.5. The van der Waals surface area contributed by atoms with Crippen molar-refractivity contribution in [1.29, 1.82) is 0 Å². The number of rotatable bonds is 3. The van der Waals surface area contributed by atoms with Crippen molar-refractivity contribution in [3.63, 3.8) is 0 Å². The fourth-order valence-corrected chi connectivity index (χ4v) is 4.86. The SMILES string of the molecule is Cc1cc(C)c(CC2(CO)CC3CCC2C3)c(C)c1. The van der Waals surface area contributed by atoms with Gasteiger partial charge in [0.25, 0.3) is 0 Å². The highest BCUT2D eigenvalue weighted by Gasteiger charge is 2.50. The van der Waals surface area contributed by atoms with Crippen molar-refractivity contribution >= 4 is 0 Å². The maximum Gasteiger partial charge on any atom is 0.0493 e. The minimum Gasteiger partial charge on any atom is -0.396 e. The second kappa shape index (κ2) is 4.63. The van der Waals surface area contributed by atoms with Crippen LogP contribution < -0.4 is 0 Å². The summed E-state index contributed by atoms with van der Waals surface area (Å²) in [6.07, 6.45) is 6.45. The van der Waals surface area contributed by atoms with E-state index in [2.05, 4.69) is 32.9 Å². The highest BCUT2D eigenvalue weighted by molar-refractivity contribution is 5.38. The van der Waals surface area contributed by atoms with Crippen molar-refractivity contribution in [2.24, 2.45) is 17.3 Å². The van der Waals surface area contributed by atoms with E-state index in [1.165, 1.54) is 47.9 Å². The number of hydrogen-bond donors (Lipinski definition) is 1. The van der Waals surface area contributed by atoms with Crippen LogP contribution in [0.4, 0.5) is 0 Å². The number of hydrogen-bond acceptors (Lipinski definition) is 1. The molecule has 2 bridgehead atoms. The standard InChI is InChI=1S/C18H26O/c1-12-6-13(2)17(14(3)7-12)10-18(11-19)9-15-4-5-16(18)8-15/h6-7,15-16,19H,4-5,8-11H2,1-3H3.